The molecule has 1 fully saturated rings. The third kappa shape index (κ3) is 5.21. The number of likely N-dealkylation sites (N-methyl/N-ethyl adjacent to an activating group) is 1. The normalized spacial score (nSPS) is 16.2. The number of rotatable bonds is 8. The van der Waals surface area contributed by atoms with E-state index in [9.17, 15) is 0 Å². The van der Waals surface area contributed by atoms with Crippen LogP contribution in [0.3, 0.4) is 0 Å². The lowest BCUT2D eigenvalue weighted by atomic mass is 10.2. The Balaban J connectivity index is 1.74. The van der Waals surface area contributed by atoms with Crippen molar-refractivity contribution >= 4 is 11.4 Å². The highest BCUT2D eigenvalue weighted by Crippen LogP contribution is 2.19. The fraction of sp³-hybridized carbons (Fsp3) is 0.647. The minimum absolute atomic E-state index is 0.306. The molecule has 0 aliphatic carbocycles. The molecule has 0 amide bonds. The summed E-state index contributed by atoms with van der Waals surface area (Å²) >= 11 is 0. The van der Waals surface area contributed by atoms with Gasteiger partial charge in [-0.1, -0.05) is 6.92 Å². The Hall–Kier alpha value is -1.26. The maximum atomic E-state index is 8.74. The predicted molar refractivity (Wildman–Crippen MR) is 90.2 cm³/mol. The summed E-state index contributed by atoms with van der Waals surface area (Å²) in [4.78, 5) is 4.97. The summed E-state index contributed by atoms with van der Waals surface area (Å²) < 4.78 is 0. The standard InChI is InChI=1S/C17H29N3O/c1-2-19-11-13-20(14-12-19)17-8-6-16(7-9-17)18-10-4-3-5-15-21/h6-9,18,21H,2-5,10-15H2,1H3. The SMILES string of the molecule is CCN1CCN(c2ccc(NCCCCCO)cc2)CC1. The summed E-state index contributed by atoms with van der Waals surface area (Å²) in [5.41, 5.74) is 2.52. The van der Waals surface area contributed by atoms with E-state index >= 15 is 0 Å². The Morgan fingerprint density at radius 2 is 1.71 bits per heavy atom. The van der Waals surface area contributed by atoms with Crippen molar-refractivity contribution < 1.29 is 5.11 Å². The molecule has 2 rings (SSSR count). The van der Waals surface area contributed by atoms with Crippen molar-refractivity contribution in [2.75, 3.05) is 56.1 Å². The van der Waals surface area contributed by atoms with Gasteiger partial charge in [-0.25, -0.2) is 0 Å². The van der Waals surface area contributed by atoms with Crippen LogP contribution in [0.1, 0.15) is 26.2 Å². The molecule has 1 aliphatic rings. The second-order valence-corrected chi connectivity index (χ2v) is 5.68. The Morgan fingerprint density at radius 1 is 1.00 bits per heavy atom. The highest BCUT2D eigenvalue weighted by molar-refractivity contribution is 5.55. The number of aliphatic hydroxyl groups is 1. The van der Waals surface area contributed by atoms with Gasteiger partial charge in [0.25, 0.3) is 0 Å². The van der Waals surface area contributed by atoms with E-state index in [2.05, 4.69) is 46.3 Å². The molecular formula is C17H29N3O. The number of benzene rings is 1. The summed E-state index contributed by atoms with van der Waals surface area (Å²) in [6.07, 6.45) is 3.11. The fourth-order valence-corrected chi connectivity index (χ4v) is 2.76. The van der Waals surface area contributed by atoms with Crippen LogP contribution in [0.5, 0.6) is 0 Å². The van der Waals surface area contributed by atoms with Crippen LogP contribution >= 0.6 is 0 Å². The van der Waals surface area contributed by atoms with Crippen molar-refractivity contribution in [3.63, 3.8) is 0 Å². The molecule has 1 aliphatic heterocycles. The second kappa shape index (κ2) is 8.90. The van der Waals surface area contributed by atoms with E-state index in [1.165, 1.54) is 24.5 Å². The lowest BCUT2D eigenvalue weighted by Crippen LogP contribution is -2.46. The highest BCUT2D eigenvalue weighted by Gasteiger charge is 2.15. The summed E-state index contributed by atoms with van der Waals surface area (Å²) in [5.74, 6) is 0. The van der Waals surface area contributed by atoms with Gasteiger partial charge in [0.2, 0.25) is 0 Å². The fourth-order valence-electron chi connectivity index (χ4n) is 2.76. The van der Waals surface area contributed by atoms with Crippen LogP contribution in [-0.2, 0) is 0 Å². The number of anilines is 2. The quantitative estimate of drug-likeness (QED) is 0.722. The van der Waals surface area contributed by atoms with Crippen LogP contribution in [0.2, 0.25) is 0 Å². The summed E-state index contributed by atoms with van der Waals surface area (Å²) in [6.45, 7) is 9.27. The second-order valence-electron chi connectivity index (χ2n) is 5.68. The van der Waals surface area contributed by atoms with Gasteiger partial charge < -0.3 is 20.2 Å². The third-order valence-corrected chi connectivity index (χ3v) is 4.22. The van der Waals surface area contributed by atoms with E-state index in [1.807, 2.05) is 0 Å². The average Bonchev–Trinajstić information content (AvgIpc) is 2.55. The van der Waals surface area contributed by atoms with E-state index < -0.39 is 0 Å². The lowest BCUT2D eigenvalue weighted by molar-refractivity contribution is 0.271. The predicted octanol–water partition coefficient (Wildman–Crippen LogP) is 2.40. The topological polar surface area (TPSA) is 38.7 Å². The van der Waals surface area contributed by atoms with Gasteiger partial charge in [0.1, 0.15) is 0 Å². The molecule has 4 heteroatoms. The lowest BCUT2D eigenvalue weighted by Gasteiger charge is -2.35. The van der Waals surface area contributed by atoms with Gasteiger partial charge >= 0.3 is 0 Å². The molecule has 1 aromatic carbocycles. The zero-order valence-corrected chi connectivity index (χ0v) is 13.2. The van der Waals surface area contributed by atoms with Crippen molar-refractivity contribution in [1.82, 2.24) is 4.90 Å². The first-order valence-corrected chi connectivity index (χ1v) is 8.25. The monoisotopic (exact) mass is 291 g/mol. The summed E-state index contributed by atoms with van der Waals surface area (Å²) in [7, 11) is 0. The van der Waals surface area contributed by atoms with Crippen molar-refractivity contribution in [3.05, 3.63) is 24.3 Å². The van der Waals surface area contributed by atoms with Gasteiger partial charge in [0.05, 0.1) is 0 Å². The van der Waals surface area contributed by atoms with Gasteiger partial charge in [-0.2, -0.15) is 0 Å². The maximum absolute atomic E-state index is 8.74. The number of hydrogen-bond acceptors (Lipinski definition) is 4. The molecule has 0 aromatic heterocycles. The molecule has 0 radical (unpaired) electrons. The summed E-state index contributed by atoms with van der Waals surface area (Å²) in [6, 6.07) is 8.79. The molecule has 0 bridgehead atoms. The van der Waals surface area contributed by atoms with E-state index in [-0.39, 0.29) is 0 Å². The smallest absolute Gasteiger partial charge is 0.0431 e. The first kappa shape index (κ1) is 16.1. The molecule has 1 heterocycles. The van der Waals surface area contributed by atoms with Crippen molar-refractivity contribution in [2.45, 2.75) is 26.2 Å². The Bertz CT molecular complexity index is 386. The molecule has 0 atom stereocenters. The third-order valence-electron chi connectivity index (χ3n) is 4.22. The zero-order chi connectivity index (χ0) is 14.9. The van der Waals surface area contributed by atoms with Crippen molar-refractivity contribution in [1.29, 1.82) is 0 Å². The van der Waals surface area contributed by atoms with Crippen LogP contribution in [-0.4, -0.2) is 55.9 Å². The van der Waals surface area contributed by atoms with Crippen LogP contribution in [0, 0.1) is 0 Å². The first-order valence-electron chi connectivity index (χ1n) is 8.25. The minimum Gasteiger partial charge on any atom is -0.396 e. The number of hydrogen-bond donors (Lipinski definition) is 2. The van der Waals surface area contributed by atoms with Crippen LogP contribution in [0.25, 0.3) is 0 Å². The summed E-state index contributed by atoms with van der Waals surface area (Å²) in [5, 5.41) is 12.2. The Kier molecular flexibility index (Phi) is 6.83. The van der Waals surface area contributed by atoms with Gasteiger partial charge in [0, 0.05) is 50.7 Å². The largest absolute Gasteiger partial charge is 0.396 e. The molecule has 1 aromatic rings. The molecule has 0 spiro atoms. The average molecular weight is 291 g/mol. The Labute approximate surface area is 128 Å². The molecule has 2 N–H and O–H groups in total. The molecule has 0 unspecified atom stereocenters. The van der Waals surface area contributed by atoms with Gasteiger partial charge in [-0.05, 0) is 50.1 Å². The zero-order valence-electron chi connectivity index (χ0n) is 13.2. The number of piperazine rings is 1. The Morgan fingerprint density at radius 3 is 2.33 bits per heavy atom. The van der Waals surface area contributed by atoms with Crippen LogP contribution in [0.15, 0.2) is 24.3 Å². The van der Waals surface area contributed by atoms with E-state index in [0.29, 0.717) is 6.61 Å². The van der Waals surface area contributed by atoms with Crippen molar-refractivity contribution in [2.24, 2.45) is 0 Å². The van der Waals surface area contributed by atoms with Crippen LogP contribution < -0.4 is 10.2 Å². The van der Waals surface area contributed by atoms with Crippen LogP contribution in [0.4, 0.5) is 11.4 Å². The molecule has 118 valence electrons. The van der Waals surface area contributed by atoms with Gasteiger partial charge in [-0.15, -0.1) is 0 Å². The molecular weight excluding hydrogens is 262 g/mol. The molecule has 4 nitrogen and oxygen atoms in total. The molecule has 0 saturated carbocycles. The molecule has 1 saturated heterocycles. The molecule has 21 heavy (non-hydrogen) atoms. The number of aliphatic hydroxyl groups excluding tert-OH is 1. The minimum atomic E-state index is 0.306. The van der Waals surface area contributed by atoms with Gasteiger partial charge in [-0.3, -0.25) is 0 Å². The van der Waals surface area contributed by atoms with E-state index in [4.69, 9.17) is 5.11 Å². The number of nitrogens with zero attached hydrogens (tertiary/aromatic N) is 2. The van der Waals surface area contributed by atoms with Crippen molar-refractivity contribution in [3.8, 4) is 0 Å². The van der Waals surface area contributed by atoms with Gasteiger partial charge in [0.15, 0.2) is 0 Å². The number of nitrogens with one attached hydrogen (secondary N) is 1. The first-order chi connectivity index (χ1) is 10.3. The maximum Gasteiger partial charge on any atom is 0.0431 e. The van der Waals surface area contributed by atoms with E-state index in [1.54, 1.807) is 0 Å². The number of unbranched alkanes of at least 4 members (excludes halogenated alkanes) is 2. The van der Waals surface area contributed by atoms with E-state index in [0.717, 1.165) is 45.4 Å². The highest BCUT2D eigenvalue weighted by atomic mass is 16.2.